The number of hydrogen-bond donors (Lipinski definition) is 2. The van der Waals surface area contributed by atoms with Gasteiger partial charge in [-0.25, -0.2) is 0 Å². The van der Waals surface area contributed by atoms with Crippen molar-refractivity contribution in [3.05, 3.63) is 21.9 Å². The van der Waals surface area contributed by atoms with Gasteiger partial charge in [-0.2, -0.15) is 0 Å². The summed E-state index contributed by atoms with van der Waals surface area (Å²) in [6, 6.07) is 3.19. The Morgan fingerprint density at radius 1 is 1.19 bits per heavy atom. The van der Waals surface area contributed by atoms with Crippen LogP contribution in [0.25, 0.3) is 0 Å². The van der Waals surface area contributed by atoms with Crippen LogP contribution in [0.1, 0.15) is 57.9 Å². The summed E-state index contributed by atoms with van der Waals surface area (Å²) in [6.07, 6.45) is 7.67. The van der Waals surface area contributed by atoms with Crippen molar-refractivity contribution in [3.8, 4) is 0 Å². The highest BCUT2D eigenvalue weighted by atomic mass is 32.1. The molecule has 0 spiro atoms. The fourth-order valence-electron chi connectivity index (χ4n) is 2.48. The number of hydrogen-bond acceptors (Lipinski definition) is 4. The summed E-state index contributed by atoms with van der Waals surface area (Å²) >= 11 is 1.11. The standard InChI is InChI=1S/C15H22N2O3S/c16-14(18)12-7-8-13(21-12)15(19)17-9-10-20-11-5-3-1-2-4-6-11/h7-8,11H,1-6,9-10H2,(H2,16,18)(H,17,19). The molecular formula is C15H22N2O3S. The first-order chi connectivity index (χ1) is 10.2. The number of amides is 2. The molecule has 1 fully saturated rings. The van der Waals surface area contributed by atoms with Crippen LogP contribution in [0, 0.1) is 0 Å². The predicted molar refractivity (Wildman–Crippen MR) is 82.6 cm³/mol. The summed E-state index contributed by atoms with van der Waals surface area (Å²) in [5.41, 5.74) is 5.16. The molecule has 0 bridgehead atoms. The van der Waals surface area contributed by atoms with Gasteiger partial charge in [0, 0.05) is 6.54 Å². The van der Waals surface area contributed by atoms with Gasteiger partial charge in [0.1, 0.15) is 0 Å². The Balaban J connectivity index is 1.67. The van der Waals surface area contributed by atoms with Crippen LogP contribution >= 0.6 is 11.3 Å². The van der Waals surface area contributed by atoms with Crippen molar-refractivity contribution in [2.75, 3.05) is 13.2 Å². The van der Waals surface area contributed by atoms with E-state index in [1.165, 1.54) is 25.7 Å². The summed E-state index contributed by atoms with van der Waals surface area (Å²) in [7, 11) is 0. The molecule has 21 heavy (non-hydrogen) atoms. The molecule has 1 aliphatic carbocycles. The van der Waals surface area contributed by atoms with Crippen LogP contribution in [0.4, 0.5) is 0 Å². The highest BCUT2D eigenvalue weighted by Crippen LogP contribution is 2.19. The normalized spacial score (nSPS) is 16.4. The maximum absolute atomic E-state index is 11.9. The van der Waals surface area contributed by atoms with Crippen LogP contribution in [0.3, 0.4) is 0 Å². The topological polar surface area (TPSA) is 81.4 Å². The Bertz CT molecular complexity index is 479. The van der Waals surface area contributed by atoms with E-state index in [-0.39, 0.29) is 5.91 Å². The first-order valence-corrected chi connectivity index (χ1v) is 8.28. The molecule has 0 atom stereocenters. The Kier molecular flexibility index (Phi) is 6.20. The smallest absolute Gasteiger partial charge is 0.261 e. The van der Waals surface area contributed by atoms with E-state index in [1.807, 2.05) is 0 Å². The molecule has 2 rings (SSSR count). The fraction of sp³-hybridized carbons (Fsp3) is 0.600. The first-order valence-electron chi connectivity index (χ1n) is 7.46. The molecule has 0 aromatic carbocycles. The van der Waals surface area contributed by atoms with Gasteiger partial charge in [-0.15, -0.1) is 11.3 Å². The molecule has 1 aromatic heterocycles. The van der Waals surface area contributed by atoms with Crippen molar-refractivity contribution in [2.45, 2.75) is 44.6 Å². The van der Waals surface area contributed by atoms with Crippen LogP contribution in [-0.2, 0) is 4.74 Å². The average Bonchev–Trinajstić information content (AvgIpc) is 2.82. The number of primary amides is 1. The first kappa shape index (κ1) is 16.0. The number of rotatable bonds is 6. The highest BCUT2D eigenvalue weighted by molar-refractivity contribution is 7.15. The highest BCUT2D eigenvalue weighted by Gasteiger charge is 2.13. The number of carbonyl (C=O) groups is 2. The number of carbonyl (C=O) groups excluding carboxylic acids is 2. The molecule has 116 valence electrons. The zero-order chi connectivity index (χ0) is 15.1. The minimum absolute atomic E-state index is 0.183. The van der Waals surface area contributed by atoms with Crippen molar-refractivity contribution in [1.29, 1.82) is 0 Å². The van der Waals surface area contributed by atoms with Crippen LogP contribution < -0.4 is 11.1 Å². The van der Waals surface area contributed by atoms with Gasteiger partial charge in [0.15, 0.2) is 0 Å². The van der Waals surface area contributed by atoms with Crippen LogP contribution in [-0.4, -0.2) is 31.1 Å². The largest absolute Gasteiger partial charge is 0.376 e. The monoisotopic (exact) mass is 310 g/mol. The van der Waals surface area contributed by atoms with E-state index in [0.29, 0.717) is 29.0 Å². The zero-order valence-electron chi connectivity index (χ0n) is 12.1. The minimum atomic E-state index is -0.504. The molecule has 0 unspecified atom stereocenters. The van der Waals surface area contributed by atoms with Crippen LogP contribution in [0.5, 0.6) is 0 Å². The van der Waals surface area contributed by atoms with Gasteiger partial charge in [0.05, 0.1) is 22.5 Å². The number of nitrogens with one attached hydrogen (secondary N) is 1. The van der Waals surface area contributed by atoms with Crippen LogP contribution in [0.2, 0.25) is 0 Å². The second-order valence-electron chi connectivity index (χ2n) is 5.27. The summed E-state index contributed by atoms with van der Waals surface area (Å²) in [5.74, 6) is -0.687. The molecule has 1 aromatic rings. The van der Waals surface area contributed by atoms with Crippen molar-refractivity contribution < 1.29 is 14.3 Å². The van der Waals surface area contributed by atoms with E-state index in [4.69, 9.17) is 10.5 Å². The van der Waals surface area contributed by atoms with E-state index in [1.54, 1.807) is 12.1 Å². The third-order valence-corrected chi connectivity index (χ3v) is 4.71. The quantitative estimate of drug-likeness (QED) is 0.625. The lowest BCUT2D eigenvalue weighted by Gasteiger charge is -2.15. The van der Waals surface area contributed by atoms with Crippen molar-refractivity contribution in [3.63, 3.8) is 0 Å². The summed E-state index contributed by atoms with van der Waals surface area (Å²) in [6.45, 7) is 1.02. The van der Waals surface area contributed by atoms with Gasteiger partial charge in [-0.3, -0.25) is 9.59 Å². The summed E-state index contributed by atoms with van der Waals surface area (Å²) in [4.78, 5) is 23.8. The average molecular weight is 310 g/mol. The molecule has 0 aliphatic heterocycles. The lowest BCUT2D eigenvalue weighted by atomic mass is 10.1. The summed E-state index contributed by atoms with van der Waals surface area (Å²) in [5, 5.41) is 2.80. The summed E-state index contributed by atoms with van der Waals surface area (Å²) < 4.78 is 5.81. The third kappa shape index (κ3) is 5.13. The minimum Gasteiger partial charge on any atom is -0.376 e. The van der Waals surface area contributed by atoms with E-state index in [9.17, 15) is 9.59 Å². The lowest BCUT2D eigenvalue weighted by molar-refractivity contribution is 0.0442. The third-order valence-electron chi connectivity index (χ3n) is 3.62. The Labute approximate surface area is 128 Å². The van der Waals surface area contributed by atoms with Gasteiger partial charge in [0.25, 0.3) is 11.8 Å². The second kappa shape index (κ2) is 8.14. The van der Waals surface area contributed by atoms with E-state index in [2.05, 4.69) is 5.32 Å². The van der Waals surface area contributed by atoms with Crippen molar-refractivity contribution in [2.24, 2.45) is 5.73 Å². The van der Waals surface area contributed by atoms with Gasteiger partial charge in [0.2, 0.25) is 0 Å². The number of nitrogens with two attached hydrogens (primary N) is 1. The molecule has 2 amide bonds. The molecule has 5 nitrogen and oxygen atoms in total. The van der Waals surface area contributed by atoms with Crippen molar-refractivity contribution in [1.82, 2.24) is 5.32 Å². The predicted octanol–water partition coefficient (Wildman–Crippen LogP) is 2.32. The Morgan fingerprint density at radius 3 is 2.48 bits per heavy atom. The fourth-order valence-corrected chi connectivity index (χ4v) is 3.25. The second-order valence-corrected chi connectivity index (χ2v) is 6.35. The molecule has 1 aliphatic rings. The number of ether oxygens (including phenoxy) is 1. The van der Waals surface area contributed by atoms with E-state index in [0.717, 1.165) is 24.2 Å². The van der Waals surface area contributed by atoms with Crippen molar-refractivity contribution >= 4 is 23.2 Å². The SMILES string of the molecule is NC(=O)c1ccc(C(=O)NCCOC2CCCCCC2)s1. The van der Waals surface area contributed by atoms with Crippen LogP contribution in [0.15, 0.2) is 12.1 Å². The molecule has 1 saturated carbocycles. The van der Waals surface area contributed by atoms with Gasteiger partial charge >= 0.3 is 0 Å². The van der Waals surface area contributed by atoms with Gasteiger partial charge in [-0.05, 0) is 25.0 Å². The van der Waals surface area contributed by atoms with E-state index < -0.39 is 5.91 Å². The molecule has 0 saturated heterocycles. The Morgan fingerprint density at radius 2 is 1.86 bits per heavy atom. The molecule has 6 heteroatoms. The maximum atomic E-state index is 11.9. The van der Waals surface area contributed by atoms with Gasteiger partial charge < -0.3 is 15.8 Å². The molecular weight excluding hydrogens is 288 g/mol. The lowest BCUT2D eigenvalue weighted by Crippen LogP contribution is -2.28. The maximum Gasteiger partial charge on any atom is 0.261 e. The molecule has 0 radical (unpaired) electrons. The molecule has 3 N–H and O–H groups in total. The number of thiophene rings is 1. The zero-order valence-corrected chi connectivity index (χ0v) is 12.9. The Hall–Kier alpha value is -1.40. The molecule has 1 heterocycles. The van der Waals surface area contributed by atoms with E-state index >= 15 is 0 Å². The van der Waals surface area contributed by atoms with Gasteiger partial charge in [-0.1, -0.05) is 25.7 Å².